The van der Waals surface area contributed by atoms with Gasteiger partial charge in [0.1, 0.15) is 24.6 Å². The topological polar surface area (TPSA) is 193 Å². The molecule has 244 valence electrons. The minimum absolute atomic E-state index is 0.0202. The van der Waals surface area contributed by atoms with Crippen LogP contribution in [-0.4, -0.2) is 85.1 Å². The molecule has 0 fully saturated rings. The summed E-state index contributed by atoms with van der Waals surface area (Å²) >= 11 is 0. The number of amides is 2. The molecular formula is C33H39N5O8. The molecule has 1 aromatic heterocycles. The fourth-order valence-electron chi connectivity index (χ4n) is 5.54. The third-order valence-corrected chi connectivity index (χ3v) is 7.58. The summed E-state index contributed by atoms with van der Waals surface area (Å²) in [6.07, 6.45) is 1.60. The molecule has 0 radical (unpaired) electrons. The van der Waals surface area contributed by atoms with Crippen molar-refractivity contribution < 1.29 is 39.6 Å². The van der Waals surface area contributed by atoms with Gasteiger partial charge in [-0.05, 0) is 75.2 Å². The molecule has 6 N–H and O–H groups in total. The smallest absolute Gasteiger partial charge is 0.322 e. The van der Waals surface area contributed by atoms with E-state index < -0.39 is 36.8 Å². The van der Waals surface area contributed by atoms with Gasteiger partial charge in [0.2, 0.25) is 0 Å². The normalized spacial score (nSPS) is 14.2. The maximum absolute atomic E-state index is 12.6. The molecule has 3 aromatic rings. The number of phenolic OH excluding ortho intramolecular Hbond substituents is 2. The second-order valence-electron chi connectivity index (χ2n) is 11.5. The predicted molar refractivity (Wildman–Crippen MR) is 167 cm³/mol. The van der Waals surface area contributed by atoms with E-state index in [1.165, 1.54) is 12.1 Å². The Morgan fingerprint density at radius 1 is 0.717 bits per heavy atom. The standard InChI is InChI=1S/C33H39N5O8/c1-20-10-22(30(43)26(12-20)32(45)34-14-28(39)40)16-37-8-3-4-9-38(19-25-7-5-6-24(18-37)36-25)17-23-11-21(2)13-27(31(23)44)33(46)35-15-29(41)42/h5-7,10-13,43-44H,3-4,8-9,14-19H2,1-2H3,(H,34,45)(H,35,46)(H,39,40)(H,41,42). The van der Waals surface area contributed by atoms with E-state index in [-0.39, 0.29) is 22.6 Å². The number of rotatable bonds is 10. The zero-order valence-corrected chi connectivity index (χ0v) is 25.9. The monoisotopic (exact) mass is 633 g/mol. The maximum atomic E-state index is 12.6. The number of aliphatic carboxylic acids is 2. The Labute approximate surface area is 266 Å². The van der Waals surface area contributed by atoms with Crippen molar-refractivity contribution in [1.29, 1.82) is 0 Å². The van der Waals surface area contributed by atoms with Crippen LogP contribution < -0.4 is 10.6 Å². The maximum Gasteiger partial charge on any atom is 0.322 e. The molecule has 0 aliphatic carbocycles. The van der Waals surface area contributed by atoms with Crippen LogP contribution in [-0.2, 0) is 35.8 Å². The SMILES string of the molecule is Cc1cc(CN2CCCCN(Cc3cc(C)cc(C(=O)NCC(=O)O)c3O)Cc3cccc(n3)C2)c(O)c(C(=O)NCC(=O)O)c1. The number of phenols is 2. The lowest BCUT2D eigenvalue weighted by atomic mass is 10.0. The molecule has 13 heteroatoms. The van der Waals surface area contributed by atoms with Crippen molar-refractivity contribution in [3.05, 3.63) is 87.2 Å². The molecule has 1 aliphatic rings. The fraction of sp³-hybridized carbons (Fsp3) is 0.364. The molecule has 0 unspecified atom stereocenters. The molecule has 0 saturated carbocycles. The molecule has 2 heterocycles. The van der Waals surface area contributed by atoms with Crippen molar-refractivity contribution in [3.63, 3.8) is 0 Å². The third-order valence-electron chi connectivity index (χ3n) is 7.58. The van der Waals surface area contributed by atoms with E-state index in [0.29, 0.717) is 50.4 Å². The van der Waals surface area contributed by atoms with E-state index in [2.05, 4.69) is 20.4 Å². The van der Waals surface area contributed by atoms with Crippen molar-refractivity contribution in [2.75, 3.05) is 26.2 Å². The Hall–Kier alpha value is -5.01. The van der Waals surface area contributed by atoms with Crippen LogP contribution >= 0.6 is 0 Å². The van der Waals surface area contributed by atoms with E-state index in [9.17, 15) is 29.4 Å². The van der Waals surface area contributed by atoms with Gasteiger partial charge >= 0.3 is 11.9 Å². The van der Waals surface area contributed by atoms with Gasteiger partial charge in [0, 0.05) is 37.3 Å². The first-order valence-electron chi connectivity index (χ1n) is 14.9. The van der Waals surface area contributed by atoms with Gasteiger partial charge in [-0.3, -0.25) is 34.0 Å². The van der Waals surface area contributed by atoms with Gasteiger partial charge in [-0.25, -0.2) is 0 Å². The molecule has 2 aromatic carbocycles. The molecule has 1 aliphatic heterocycles. The number of hydrogen-bond acceptors (Lipinski definition) is 9. The third kappa shape index (κ3) is 9.25. The van der Waals surface area contributed by atoms with Crippen LogP contribution in [0.5, 0.6) is 11.5 Å². The number of carbonyl (C=O) groups excluding carboxylic acids is 2. The van der Waals surface area contributed by atoms with E-state index in [4.69, 9.17) is 15.2 Å². The number of fused-ring (bicyclic) bond motifs is 2. The number of aryl methyl sites for hydroxylation is 2. The molecule has 0 spiro atoms. The van der Waals surface area contributed by atoms with Crippen LogP contribution in [0.1, 0.15) is 67.2 Å². The summed E-state index contributed by atoms with van der Waals surface area (Å²) in [6, 6.07) is 12.5. The zero-order valence-electron chi connectivity index (χ0n) is 25.9. The number of carbonyl (C=O) groups is 4. The molecular weight excluding hydrogens is 594 g/mol. The Morgan fingerprint density at radius 3 is 1.52 bits per heavy atom. The number of benzene rings is 2. The Bertz CT molecular complexity index is 1510. The Kier molecular flexibility index (Phi) is 11.3. The summed E-state index contributed by atoms with van der Waals surface area (Å²) < 4.78 is 0. The summed E-state index contributed by atoms with van der Waals surface area (Å²) in [5, 5.41) is 44.4. The van der Waals surface area contributed by atoms with Gasteiger partial charge in [-0.1, -0.05) is 18.2 Å². The van der Waals surface area contributed by atoms with Crippen LogP contribution in [0, 0.1) is 13.8 Å². The average molecular weight is 634 g/mol. The first-order chi connectivity index (χ1) is 21.9. The highest BCUT2D eigenvalue weighted by molar-refractivity contribution is 5.99. The van der Waals surface area contributed by atoms with Crippen molar-refractivity contribution >= 4 is 23.8 Å². The average Bonchev–Trinajstić information content (AvgIpc) is 3.01. The number of nitrogens with zero attached hydrogens (tertiary/aromatic N) is 3. The number of carboxylic acid groups (broad SMARTS) is 2. The second-order valence-corrected chi connectivity index (χ2v) is 11.5. The number of hydrogen-bond donors (Lipinski definition) is 6. The second kappa shape index (κ2) is 15.3. The fourth-order valence-corrected chi connectivity index (χ4v) is 5.54. The van der Waals surface area contributed by atoms with Crippen molar-refractivity contribution in [2.24, 2.45) is 0 Å². The molecule has 46 heavy (non-hydrogen) atoms. The Balaban J connectivity index is 1.51. The van der Waals surface area contributed by atoms with Crippen LogP contribution in [0.4, 0.5) is 0 Å². The lowest BCUT2D eigenvalue weighted by Gasteiger charge is -2.24. The highest BCUT2D eigenvalue weighted by Gasteiger charge is 2.21. The predicted octanol–water partition coefficient (Wildman–Crippen LogP) is 2.54. The first-order valence-corrected chi connectivity index (χ1v) is 14.9. The van der Waals surface area contributed by atoms with E-state index in [1.54, 1.807) is 13.8 Å². The van der Waals surface area contributed by atoms with Crippen LogP contribution in [0.25, 0.3) is 0 Å². The number of aromatic nitrogens is 1. The molecule has 0 saturated heterocycles. The summed E-state index contributed by atoms with van der Waals surface area (Å²) in [7, 11) is 0. The van der Waals surface area contributed by atoms with Gasteiger partial charge in [0.05, 0.1) is 22.5 Å². The molecule has 4 rings (SSSR count). The molecule has 2 amide bonds. The number of nitrogens with one attached hydrogen (secondary N) is 2. The van der Waals surface area contributed by atoms with Crippen molar-refractivity contribution in [3.8, 4) is 11.5 Å². The van der Waals surface area contributed by atoms with Gasteiger partial charge in [0.25, 0.3) is 11.8 Å². The zero-order chi connectivity index (χ0) is 33.4. The highest BCUT2D eigenvalue weighted by atomic mass is 16.4. The summed E-state index contributed by atoms with van der Waals surface area (Å²) in [5.74, 6) is -4.07. The van der Waals surface area contributed by atoms with Gasteiger partial charge < -0.3 is 31.1 Å². The molecule has 13 nitrogen and oxygen atoms in total. The quantitative estimate of drug-likeness (QED) is 0.192. The van der Waals surface area contributed by atoms with Crippen molar-refractivity contribution in [2.45, 2.75) is 52.9 Å². The first kappa shape index (κ1) is 33.9. The lowest BCUT2D eigenvalue weighted by Crippen LogP contribution is -2.30. The largest absolute Gasteiger partial charge is 0.507 e. The number of pyridine rings is 1. The van der Waals surface area contributed by atoms with E-state index in [0.717, 1.165) is 35.4 Å². The van der Waals surface area contributed by atoms with Crippen LogP contribution in [0.15, 0.2) is 42.5 Å². The minimum Gasteiger partial charge on any atom is -0.507 e. The van der Waals surface area contributed by atoms with Gasteiger partial charge in [-0.2, -0.15) is 0 Å². The number of carboxylic acids is 2. The van der Waals surface area contributed by atoms with Crippen molar-refractivity contribution in [1.82, 2.24) is 25.4 Å². The van der Waals surface area contributed by atoms with Gasteiger partial charge in [0.15, 0.2) is 0 Å². The summed E-state index contributed by atoms with van der Waals surface area (Å²) in [5.41, 5.74) is 4.28. The highest BCUT2D eigenvalue weighted by Crippen LogP contribution is 2.29. The summed E-state index contributed by atoms with van der Waals surface area (Å²) in [6.45, 7) is 5.50. The number of aromatic hydroxyl groups is 2. The van der Waals surface area contributed by atoms with Gasteiger partial charge in [-0.15, -0.1) is 0 Å². The molecule has 2 bridgehead atoms. The minimum atomic E-state index is -1.18. The van der Waals surface area contributed by atoms with E-state index in [1.807, 2.05) is 30.3 Å². The van der Waals surface area contributed by atoms with E-state index >= 15 is 0 Å². The van der Waals surface area contributed by atoms with Crippen LogP contribution in [0.2, 0.25) is 0 Å². The van der Waals surface area contributed by atoms with Crippen LogP contribution in [0.3, 0.4) is 0 Å². The molecule has 0 atom stereocenters. The summed E-state index contributed by atoms with van der Waals surface area (Å²) in [4.78, 5) is 56.2. The lowest BCUT2D eigenvalue weighted by molar-refractivity contribution is -0.136. The Morgan fingerprint density at radius 2 is 1.13 bits per heavy atom.